The summed E-state index contributed by atoms with van der Waals surface area (Å²) in [6.45, 7) is 1.56. The van der Waals surface area contributed by atoms with Gasteiger partial charge in [0.25, 0.3) is 0 Å². The highest BCUT2D eigenvalue weighted by Gasteiger charge is 2.32. The number of rotatable bonds is 2. The Balaban J connectivity index is 2.20. The topological polar surface area (TPSA) is 78.3 Å². The van der Waals surface area contributed by atoms with E-state index in [4.69, 9.17) is 10.5 Å². The van der Waals surface area contributed by atoms with Gasteiger partial charge in [-0.3, -0.25) is 0 Å². The monoisotopic (exact) mass is 323 g/mol. The lowest BCUT2D eigenvalue weighted by molar-refractivity contribution is -0.137. The molecule has 0 saturated heterocycles. The van der Waals surface area contributed by atoms with Gasteiger partial charge >= 0.3 is 6.18 Å². The Hall–Kier alpha value is -2.84. The first kappa shape index (κ1) is 15.1. The molecule has 0 amide bonds. The van der Waals surface area contributed by atoms with Crippen molar-refractivity contribution < 1.29 is 17.9 Å². The molecule has 0 fully saturated rings. The van der Waals surface area contributed by atoms with E-state index < -0.39 is 11.7 Å². The Morgan fingerprint density at radius 2 is 1.91 bits per heavy atom. The Bertz CT molecular complexity index is 888. The standard InChI is InChI=1S/C14H12F3N5O/c1-7-5-8(14(15,16)17)6-10(23-2)12(7)9-3-4-11-19-13(18)21-22(11)20-9/h3-6H,1-2H3,(H2,18,21). The quantitative estimate of drug-likeness (QED) is 0.784. The van der Waals surface area contributed by atoms with Crippen LogP contribution in [0.2, 0.25) is 0 Å². The number of nitrogen functional groups attached to an aromatic ring is 1. The van der Waals surface area contributed by atoms with Crippen LogP contribution in [-0.4, -0.2) is 26.9 Å². The molecule has 0 unspecified atom stereocenters. The van der Waals surface area contributed by atoms with Crippen molar-refractivity contribution in [1.82, 2.24) is 19.8 Å². The zero-order valence-electron chi connectivity index (χ0n) is 12.2. The van der Waals surface area contributed by atoms with Crippen molar-refractivity contribution in [2.24, 2.45) is 0 Å². The Morgan fingerprint density at radius 3 is 2.57 bits per heavy atom. The Morgan fingerprint density at radius 1 is 1.17 bits per heavy atom. The summed E-state index contributed by atoms with van der Waals surface area (Å²) in [6, 6.07) is 5.26. The van der Waals surface area contributed by atoms with E-state index >= 15 is 0 Å². The molecule has 3 rings (SSSR count). The third-order valence-electron chi connectivity index (χ3n) is 3.33. The van der Waals surface area contributed by atoms with Crippen LogP contribution in [0.1, 0.15) is 11.1 Å². The van der Waals surface area contributed by atoms with Crippen LogP contribution >= 0.6 is 0 Å². The van der Waals surface area contributed by atoms with Gasteiger partial charge in [0.1, 0.15) is 5.75 Å². The van der Waals surface area contributed by atoms with E-state index in [1.807, 2.05) is 0 Å². The van der Waals surface area contributed by atoms with Gasteiger partial charge in [0.2, 0.25) is 5.95 Å². The molecule has 120 valence electrons. The molecule has 0 saturated carbocycles. The largest absolute Gasteiger partial charge is 0.496 e. The van der Waals surface area contributed by atoms with Crippen molar-refractivity contribution in [3.8, 4) is 17.0 Å². The number of ether oxygens (including phenoxy) is 1. The summed E-state index contributed by atoms with van der Waals surface area (Å²) in [5.74, 6) is 0.142. The van der Waals surface area contributed by atoms with E-state index in [0.717, 1.165) is 12.1 Å². The number of methoxy groups -OCH3 is 1. The second kappa shape index (κ2) is 5.11. The number of hydrogen-bond donors (Lipinski definition) is 1. The summed E-state index contributed by atoms with van der Waals surface area (Å²) in [6.07, 6.45) is -4.45. The van der Waals surface area contributed by atoms with Gasteiger partial charge in [-0.2, -0.15) is 18.2 Å². The first-order chi connectivity index (χ1) is 10.8. The zero-order valence-corrected chi connectivity index (χ0v) is 12.2. The number of aryl methyl sites for hydroxylation is 1. The molecule has 0 aliphatic carbocycles. The molecule has 1 aromatic carbocycles. The maximum atomic E-state index is 12.9. The molecule has 0 atom stereocenters. The molecule has 23 heavy (non-hydrogen) atoms. The predicted molar refractivity (Wildman–Crippen MR) is 76.9 cm³/mol. The van der Waals surface area contributed by atoms with E-state index in [1.54, 1.807) is 19.1 Å². The molecule has 0 bridgehead atoms. The van der Waals surface area contributed by atoms with Gasteiger partial charge in [-0.25, -0.2) is 0 Å². The summed E-state index contributed by atoms with van der Waals surface area (Å²) < 4.78 is 45.1. The van der Waals surface area contributed by atoms with E-state index in [1.165, 1.54) is 11.7 Å². The molecule has 9 heteroatoms. The van der Waals surface area contributed by atoms with Gasteiger partial charge in [-0.15, -0.1) is 14.8 Å². The summed E-state index contributed by atoms with van der Waals surface area (Å²) >= 11 is 0. The number of fused-ring (bicyclic) bond motifs is 1. The van der Waals surface area contributed by atoms with Crippen LogP contribution < -0.4 is 10.5 Å². The highest BCUT2D eigenvalue weighted by Crippen LogP contribution is 2.38. The third kappa shape index (κ3) is 2.65. The van der Waals surface area contributed by atoms with Crippen molar-refractivity contribution in [3.05, 3.63) is 35.4 Å². The van der Waals surface area contributed by atoms with Crippen LogP contribution in [-0.2, 0) is 6.18 Å². The van der Waals surface area contributed by atoms with Gasteiger partial charge in [0.05, 0.1) is 18.4 Å². The summed E-state index contributed by atoms with van der Waals surface area (Å²) in [7, 11) is 1.31. The fraction of sp³-hybridized carbons (Fsp3) is 0.214. The summed E-state index contributed by atoms with van der Waals surface area (Å²) in [5.41, 5.74) is 6.41. The molecule has 3 aromatic rings. The van der Waals surface area contributed by atoms with Crippen LogP contribution in [0.25, 0.3) is 16.9 Å². The van der Waals surface area contributed by atoms with Crippen molar-refractivity contribution in [1.29, 1.82) is 0 Å². The molecule has 2 N–H and O–H groups in total. The average Bonchev–Trinajstić information content (AvgIpc) is 2.84. The fourth-order valence-corrected chi connectivity index (χ4v) is 2.34. The predicted octanol–water partition coefficient (Wildman–Crippen LogP) is 2.71. The second-order valence-electron chi connectivity index (χ2n) is 4.90. The van der Waals surface area contributed by atoms with Gasteiger partial charge in [0.15, 0.2) is 5.65 Å². The smallest absolute Gasteiger partial charge is 0.416 e. The van der Waals surface area contributed by atoms with E-state index in [2.05, 4.69) is 15.2 Å². The first-order valence-corrected chi connectivity index (χ1v) is 6.55. The second-order valence-corrected chi connectivity index (χ2v) is 4.90. The van der Waals surface area contributed by atoms with Gasteiger partial charge in [-0.05, 0) is 36.8 Å². The van der Waals surface area contributed by atoms with Crippen LogP contribution in [0.4, 0.5) is 19.1 Å². The normalized spacial score (nSPS) is 11.9. The molecule has 6 nitrogen and oxygen atoms in total. The van der Waals surface area contributed by atoms with Crippen LogP contribution in [0.3, 0.4) is 0 Å². The van der Waals surface area contributed by atoms with Crippen molar-refractivity contribution in [2.45, 2.75) is 13.1 Å². The number of nitrogens with two attached hydrogens (primary N) is 1. The highest BCUT2D eigenvalue weighted by molar-refractivity contribution is 5.72. The van der Waals surface area contributed by atoms with Gasteiger partial charge in [0, 0.05) is 5.56 Å². The van der Waals surface area contributed by atoms with Crippen molar-refractivity contribution in [2.75, 3.05) is 12.8 Å². The third-order valence-corrected chi connectivity index (χ3v) is 3.33. The number of alkyl halides is 3. The number of hydrogen-bond acceptors (Lipinski definition) is 5. The molecule has 0 radical (unpaired) electrons. The molecular formula is C14H12F3N5O. The average molecular weight is 323 g/mol. The molecule has 2 heterocycles. The maximum absolute atomic E-state index is 12.9. The van der Waals surface area contributed by atoms with Crippen molar-refractivity contribution in [3.63, 3.8) is 0 Å². The number of nitrogens with zero attached hydrogens (tertiary/aromatic N) is 4. The van der Waals surface area contributed by atoms with E-state index in [0.29, 0.717) is 22.5 Å². The number of anilines is 1. The molecule has 0 spiro atoms. The lowest BCUT2D eigenvalue weighted by Crippen LogP contribution is -2.07. The van der Waals surface area contributed by atoms with Crippen molar-refractivity contribution >= 4 is 11.6 Å². The molecule has 0 aliphatic heterocycles. The van der Waals surface area contributed by atoms with E-state index in [-0.39, 0.29) is 11.7 Å². The summed E-state index contributed by atoms with van der Waals surface area (Å²) in [5, 5.41) is 8.12. The van der Waals surface area contributed by atoms with E-state index in [9.17, 15) is 13.2 Å². The SMILES string of the molecule is COc1cc(C(F)(F)F)cc(C)c1-c1ccc2nc(N)nn2n1. The highest BCUT2D eigenvalue weighted by atomic mass is 19.4. The number of halogens is 3. The van der Waals surface area contributed by atoms with Gasteiger partial charge in [-0.1, -0.05) is 0 Å². The summed E-state index contributed by atoms with van der Waals surface area (Å²) in [4.78, 5) is 3.95. The van der Waals surface area contributed by atoms with Gasteiger partial charge < -0.3 is 10.5 Å². The molecular weight excluding hydrogens is 311 g/mol. The Kier molecular flexibility index (Phi) is 3.35. The maximum Gasteiger partial charge on any atom is 0.416 e. The first-order valence-electron chi connectivity index (χ1n) is 6.55. The lowest BCUT2D eigenvalue weighted by Gasteiger charge is -2.15. The lowest BCUT2D eigenvalue weighted by atomic mass is 10.0. The van der Waals surface area contributed by atoms with Crippen LogP contribution in [0.15, 0.2) is 24.3 Å². The minimum atomic E-state index is -4.45. The minimum absolute atomic E-state index is 0.0609. The fourth-order valence-electron chi connectivity index (χ4n) is 2.34. The number of benzene rings is 1. The Labute approximate surface area is 128 Å². The van der Waals surface area contributed by atoms with Crippen LogP contribution in [0, 0.1) is 6.92 Å². The van der Waals surface area contributed by atoms with Crippen LogP contribution in [0.5, 0.6) is 5.75 Å². The molecule has 2 aromatic heterocycles. The zero-order chi connectivity index (χ0) is 16.8. The minimum Gasteiger partial charge on any atom is -0.496 e. The molecule has 0 aliphatic rings. The number of aromatic nitrogens is 4.